The highest BCUT2D eigenvalue weighted by Gasteiger charge is 2.14. The number of nitrogens with zero attached hydrogens (tertiary/aromatic N) is 5. The van der Waals surface area contributed by atoms with Crippen molar-refractivity contribution < 1.29 is 0 Å². The second-order valence-electron chi connectivity index (χ2n) is 6.30. The van der Waals surface area contributed by atoms with Crippen molar-refractivity contribution in [2.75, 3.05) is 11.1 Å². The molecule has 3 N–H and O–H groups in total. The maximum atomic E-state index is 5.90. The topological polar surface area (TPSA) is 102 Å². The van der Waals surface area contributed by atoms with Gasteiger partial charge in [-0.1, -0.05) is 30.0 Å². The van der Waals surface area contributed by atoms with Gasteiger partial charge in [0, 0.05) is 16.0 Å². The second kappa shape index (κ2) is 7.69. The molecule has 0 bridgehead atoms. The minimum Gasteiger partial charge on any atom is -0.368 e. The first-order chi connectivity index (χ1) is 13.5. The molecule has 0 saturated carbocycles. The van der Waals surface area contributed by atoms with E-state index < -0.39 is 0 Å². The number of hydrogen-bond acceptors (Lipinski definition) is 9. The van der Waals surface area contributed by atoms with Gasteiger partial charge in [0.25, 0.3) is 0 Å². The smallest absolute Gasteiger partial charge is 0.232 e. The summed E-state index contributed by atoms with van der Waals surface area (Å²) in [6, 6.07) is 7.95. The van der Waals surface area contributed by atoms with Crippen molar-refractivity contribution in [1.29, 1.82) is 0 Å². The van der Waals surface area contributed by atoms with Crippen molar-refractivity contribution in [1.82, 2.24) is 24.9 Å². The van der Waals surface area contributed by atoms with E-state index >= 15 is 0 Å². The lowest BCUT2D eigenvalue weighted by molar-refractivity contribution is 0.979. The molecule has 0 unspecified atom stereocenters. The zero-order chi connectivity index (χ0) is 19.7. The van der Waals surface area contributed by atoms with Crippen molar-refractivity contribution in [3.8, 4) is 0 Å². The Hall–Kier alpha value is -2.78. The zero-order valence-electron chi connectivity index (χ0n) is 15.7. The number of rotatable bonds is 5. The van der Waals surface area contributed by atoms with Crippen LogP contribution in [-0.2, 0) is 5.75 Å². The lowest BCUT2D eigenvalue weighted by Crippen LogP contribution is -2.07. The van der Waals surface area contributed by atoms with E-state index in [0.717, 1.165) is 26.5 Å². The molecule has 9 heteroatoms. The second-order valence-corrected chi connectivity index (χ2v) is 8.47. The summed E-state index contributed by atoms with van der Waals surface area (Å²) in [6.45, 7) is 6.23. The molecule has 1 aromatic carbocycles. The number of thioether (sulfide) groups is 1. The average molecular weight is 410 g/mol. The van der Waals surface area contributed by atoms with Gasteiger partial charge in [0.15, 0.2) is 0 Å². The summed E-state index contributed by atoms with van der Waals surface area (Å²) in [5.74, 6) is 1.77. The summed E-state index contributed by atoms with van der Waals surface area (Å²) in [5.41, 5.74) is 9.16. The van der Waals surface area contributed by atoms with E-state index in [0.29, 0.717) is 17.5 Å². The summed E-state index contributed by atoms with van der Waals surface area (Å²) in [6.07, 6.45) is 1.60. The van der Waals surface area contributed by atoms with Crippen molar-refractivity contribution >= 4 is 50.9 Å². The first kappa shape index (κ1) is 18.6. The summed E-state index contributed by atoms with van der Waals surface area (Å²) in [7, 11) is 0. The molecule has 3 aromatic heterocycles. The molecule has 0 saturated heterocycles. The van der Waals surface area contributed by atoms with Crippen LogP contribution < -0.4 is 11.1 Å². The maximum absolute atomic E-state index is 5.90. The SMILES string of the molecule is Cc1ccccc1Nc1nc(N)nc(CSc2ncnc3sc(C)c(C)c23)n1. The molecule has 7 nitrogen and oxygen atoms in total. The number of benzene rings is 1. The molecule has 0 fully saturated rings. The molecule has 4 aromatic rings. The Kier molecular flexibility index (Phi) is 5.10. The van der Waals surface area contributed by atoms with E-state index in [9.17, 15) is 0 Å². The van der Waals surface area contributed by atoms with Crippen LogP contribution in [-0.4, -0.2) is 24.9 Å². The Morgan fingerprint density at radius 3 is 2.71 bits per heavy atom. The van der Waals surface area contributed by atoms with Crippen molar-refractivity contribution in [3.63, 3.8) is 0 Å². The van der Waals surface area contributed by atoms with Crippen molar-refractivity contribution in [3.05, 3.63) is 52.4 Å². The molecule has 0 atom stereocenters. The first-order valence-electron chi connectivity index (χ1n) is 8.68. The highest BCUT2D eigenvalue weighted by Crippen LogP contribution is 2.35. The van der Waals surface area contributed by atoms with E-state index in [2.05, 4.69) is 44.1 Å². The number of para-hydroxylation sites is 1. The standard InChI is InChI=1S/C19H19N7S2/c1-10-6-4-5-7-13(10)23-19-25-14(24-18(20)26-19)8-27-16-15-11(2)12(3)28-17(15)22-9-21-16/h4-7,9H,8H2,1-3H3,(H3,20,23,24,25,26). The third-order valence-corrected chi connectivity index (χ3v) is 6.46. The van der Waals surface area contributed by atoms with E-state index in [1.807, 2.05) is 31.2 Å². The minimum absolute atomic E-state index is 0.192. The number of aryl methyl sites for hydroxylation is 3. The third kappa shape index (κ3) is 3.76. The van der Waals surface area contributed by atoms with Crippen LogP contribution in [0.4, 0.5) is 17.6 Å². The number of anilines is 3. The highest BCUT2D eigenvalue weighted by atomic mass is 32.2. The number of aromatic nitrogens is 5. The molecule has 0 aliphatic carbocycles. The Bertz CT molecular complexity index is 1160. The molecule has 28 heavy (non-hydrogen) atoms. The highest BCUT2D eigenvalue weighted by molar-refractivity contribution is 7.98. The molecular weight excluding hydrogens is 390 g/mol. The summed E-state index contributed by atoms with van der Waals surface area (Å²) in [4.78, 5) is 24.1. The summed E-state index contributed by atoms with van der Waals surface area (Å²) >= 11 is 3.26. The number of thiophene rings is 1. The van der Waals surface area contributed by atoms with Gasteiger partial charge in [-0.3, -0.25) is 0 Å². The van der Waals surface area contributed by atoms with Crippen molar-refractivity contribution in [2.24, 2.45) is 0 Å². The average Bonchev–Trinajstić information content (AvgIpc) is 2.96. The molecule has 142 valence electrons. The monoisotopic (exact) mass is 409 g/mol. The van der Waals surface area contributed by atoms with Gasteiger partial charge in [0.1, 0.15) is 22.0 Å². The van der Waals surface area contributed by atoms with Crippen LogP contribution in [0.1, 0.15) is 21.8 Å². The predicted octanol–water partition coefficient (Wildman–Crippen LogP) is 4.42. The van der Waals surface area contributed by atoms with Gasteiger partial charge in [-0.05, 0) is 38.0 Å². The van der Waals surface area contributed by atoms with Gasteiger partial charge >= 0.3 is 0 Å². The van der Waals surface area contributed by atoms with Gasteiger partial charge in [-0.15, -0.1) is 11.3 Å². The largest absolute Gasteiger partial charge is 0.368 e. The Labute approximate surface area is 170 Å². The summed E-state index contributed by atoms with van der Waals surface area (Å²) < 4.78 is 0. The first-order valence-corrected chi connectivity index (χ1v) is 10.5. The number of nitrogens with two attached hydrogens (primary N) is 1. The van der Waals surface area contributed by atoms with Gasteiger partial charge in [-0.2, -0.15) is 15.0 Å². The van der Waals surface area contributed by atoms with E-state index in [1.165, 1.54) is 10.4 Å². The molecule has 0 spiro atoms. The fourth-order valence-corrected chi connectivity index (χ4v) is 4.76. The van der Waals surface area contributed by atoms with Crippen LogP contribution in [0.2, 0.25) is 0 Å². The molecular formula is C19H19N7S2. The number of fused-ring (bicyclic) bond motifs is 1. The quantitative estimate of drug-likeness (QED) is 0.369. The Morgan fingerprint density at radius 2 is 1.89 bits per heavy atom. The number of nitrogen functional groups attached to an aromatic ring is 1. The molecule has 0 aliphatic rings. The third-order valence-electron chi connectivity index (χ3n) is 4.36. The fraction of sp³-hybridized carbons (Fsp3) is 0.211. The van der Waals surface area contributed by atoms with Crippen LogP contribution in [0, 0.1) is 20.8 Å². The molecule has 3 heterocycles. The van der Waals surface area contributed by atoms with Crippen LogP contribution in [0.3, 0.4) is 0 Å². The molecule has 4 rings (SSSR count). The van der Waals surface area contributed by atoms with Crippen LogP contribution in [0.25, 0.3) is 10.2 Å². The lowest BCUT2D eigenvalue weighted by atomic mass is 10.2. The molecule has 0 aliphatic heterocycles. The van der Waals surface area contributed by atoms with Crippen LogP contribution in [0.15, 0.2) is 35.6 Å². The van der Waals surface area contributed by atoms with Crippen LogP contribution in [0.5, 0.6) is 0 Å². The molecule has 0 amide bonds. The normalized spacial score (nSPS) is 11.1. The number of nitrogens with one attached hydrogen (secondary N) is 1. The summed E-state index contributed by atoms with van der Waals surface area (Å²) in [5, 5.41) is 5.25. The lowest BCUT2D eigenvalue weighted by Gasteiger charge is -2.09. The van der Waals surface area contributed by atoms with E-state index in [-0.39, 0.29) is 5.95 Å². The van der Waals surface area contributed by atoms with Gasteiger partial charge in [-0.25, -0.2) is 9.97 Å². The zero-order valence-corrected chi connectivity index (χ0v) is 17.4. The van der Waals surface area contributed by atoms with Gasteiger partial charge in [0.05, 0.1) is 5.75 Å². The maximum Gasteiger partial charge on any atom is 0.232 e. The molecule has 0 radical (unpaired) electrons. The Balaban J connectivity index is 1.58. The number of hydrogen-bond donors (Lipinski definition) is 2. The van der Waals surface area contributed by atoms with E-state index in [4.69, 9.17) is 5.73 Å². The van der Waals surface area contributed by atoms with Crippen molar-refractivity contribution in [2.45, 2.75) is 31.6 Å². The van der Waals surface area contributed by atoms with E-state index in [1.54, 1.807) is 29.4 Å². The van der Waals surface area contributed by atoms with Gasteiger partial charge < -0.3 is 11.1 Å². The minimum atomic E-state index is 0.192. The predicted molar refractivity (Wildman–Crippen MR) is 115 cm³/mol. The van der Waals surface area contributed by atoms with Crippen LogP contribution >= 0.6 is 23.1 Å². The van der Waals surface area contributed by atoms with Gasteiger partial charge in [0.2, 0.25) is 11.9 Å². The Morgan fingerprint density at radius 1 is 1.07 bits per heavy atom. The fourth-order valence-electron chi connectivity index (χ4n) is 2.78.